The summed E-state index contributed by atoms with van der Waals surface area (Å²) in [4.78, 5) is 5.49. The molecule has 0 radical (unpaired) electrons. The molecule has 1 saturated carbocycles. The van der Waals surface area contributed by atoms with Crippen LogP contribution in [0, 0.1) is 0 Å². The molecule has 0 spiro atoms. The lowest BCUT2D eigenvalue weighted by Gasteiger charge is -2.33. The molecule has 1 aliphatic carbocycles. The molecule has 3 fully saturated rings. The Labute approximate surface area is 118 Å². The first-order valence-electron chi connectivity index (χ1n) is 8.54. The van der Waals surface area contributed by atoms with Crippen molar-refractivity contribution in [1.82, 2.24) is 15.1 Å². The van der Waals surface area contributed by atoms with Crippen molar-refractivity contribution in [3.8, 4) is 0 Å². The van der Waals surface area contributed by atoms with E-state index < -0.39 is 0 Å². The van der Waals surface area contributed by atoms with Crippen LogP contribution in [0.1, 0.15) is 51.9 Å². The quantitative estimate of drug-likeness (QED) is 0.793. The molecule has 2 aliphatic heterocycles. The van der Waals surface area contributed by atoms with Crippen LogP contribution in [0.5, 0.6) is 0 Å². The SMILES string of the molecule is CC(CCNC1CC1)N1CCC(N2CCCCC2)C1. The van der Waals surface area contributed by atoms with Crippen molar-refractivity contribution >= 4 is 0 Å². The summed E-state index contributed by atoms with van der Waals surface area (Å²) < 4.78 is 0. The Hall–Kier alpha value is -0.120. The molecule has 0 aromatic rings. The Bertz CT molecular complexity index is 271. The van der Waals surface area contributed by atoms with Crippen LogP contribution in [0.15, 0.2) is 0 Å². The Morgan fingerprint density at radius 1 is 1.05 bits per heavy atom. The molecule has 2 saturated heterocycles. The van der Waals surface area contributed by atoms with E-state index in [1.165, 1.54) is 77.7 Å². The molecule has 3 aliphatic rings. The molecule has 3 nitrogen and oxygen atoms in total. The number of piperidine rings is 1. The lowest BCUT2D eigenvalue weighted by atomic mass is 10.1. The van der Waals surface area contributed by atoms with Crippen molar-refractivity contribution in [3.63, 3.8) is 0 Å². The lowest BCUT2D eigenvalue weighted by Crippen LogP contribution is -2.42. The van der Waals surface area contributed by atoms with E-state index in [1.807, 2.05) is 0 Å². The number of hydrogen-bond donors (Lipinski definition) is 1. The van der Waals surface area contributed by atoms with Gasteiger partial charge in [0.25, 0.3) is 0 Å². The Morgan fingerprint density at radius 3 is 2.58 bits per heavy atom. The molecule has 0 aromatic carbocycles. The number of hydrogen-bond acceptors (Lipinski definition) is 3. The smallest absolute Gasteiger partial charge is 0.0235 e. The minimum atomic E-state index is 0.765. The second-order valence-corrected chi connectivity index (χ2v) is 6.90. The molecule has 0 bridgehead atoms. The number of likely N-dealkylation sites (tertiary alicyclic amines) is 2. The molecule has 1 N–H and O–H groups in total. The average Bonchev–Trinajstić information content (AvgIpc) is 3.13. The van der Waals surface area contributed by atoms with Crippen LogP contribution in [-0.2, 0) is 0 Å². The third kappa shape index (κ3) is 3.93. The first-order chi connectivity index (χ1) is 9.33. The van der Waals surface area contributed by atoms with Crippen molar-refractivity contribution in [2.75, 3.05) is 32.7 Å². The zero-order valence-electron chi connectivity index (χ0n) is 12.6. The molecule has 19 heavy (non-hydrogen) atoms. The third-order valence-corrected chi connectivity index (χ3v) is 5.30. The van der Waals surface area contributed by atoms with E-state index in [4.69, 9.17) is 0 Å². The van der Waals surface area contributed by atoms with E-state index in [0.717, 1.165) is 18.1 Å². The summed E-state index contributed by atoms with van der Waals surface area (Å²) in [6.45, 7) is 9.01. The first kappa shape index (κ1) is 13.8. The Kier molecular flexibility index (Phi) is 4.78. The zero-order chi connectivity index (χ0) is 13.1. The standard InChI is InChI=1S/C16H31N3/c1-14(7-9-17-15-5-6-15)19-12-8-16(13-19)18-10-3-2-4-11-18/h14-17H,2-13H2,1H3. The minimum Gasteiger partial charge on any atom is -0.314 e. The normalized spacial score (nSPS) is 31.7. The fraction of sp³-hybridized carbons (Fsp3) is 1.00. The largest absolute Gasteiger partial charge is 0.314 e. The Morgan fingerprint density at radius 2 is 1.84 bits per heavy atom. The highest BCUT2D eigenvalue weighted by Crippen LogP contribution is 2.23. The van der Waals surface area contributed by atoms with Gasteiger partial charge in [0, 0.05) is 31.2 Å². The fourth-order valence-electron chi connectivity index (χ4n) is 3.72. The van der Waals surface area contributed by atoms with Crippen LogP contribution in [0.2, 0.25) is 0 Å². The molecule has 2 unspecified atom stereocenters. The first-order valence-corrected chi connectivity index (χ1v) is 8.54. The summed E-state index contributed by atoms with van der Waals surface area (Å²) in [5.74, 6) is 0. The van der Waals surface area contributed by atoms with E-state index >= 15 is 0 Å². The van der Waals surface area contributed by atoms with Gasteiger partial charge in [-0.3, -0.25) is 9.80 Å². The molecular weight excluding hydrogens is 234 g/mol. The van der Waals surface area contributed by atoms with Crippen molar-refractivity contribution < 1.29 is 0 Å². The van der Waals surface area contributed by atoms with Gasteiger partial charge >= 0.3 is 0 Å². The van der Waals surface area contributed by atoms with Crippen molar-refractivity contribution in [3.05, 3.63) is 0 Å². The van der Waals surface area contributed by atoms with Crippen molar-refractivity contribution in [1.29, 1.82) is 0 Å². The van der Waals surface area contributed by atoms with Gasteiger partial charge in [0.2, 0.25) is 0 Å². The Balaban J connectivity index is 1.37. The van der Waals surface area contributed by atoms with Gasteiger partial charge in [0.1, 0.15) is 0 Å². The lowest BCUT2D eigenvalue weighted by molar-refractivity contribution is 0.152. The topological polar surface area (TPSA) is 18.5 Å². The van der Waals surface area contributed by atoms with Gasteiger partial charge in [-0.15, -0.1) is 0 Å². The summed E-state index contributed by atoms with van der Waals surface area (Å²) in [6, 6.07) is 2.49. The highest BCUT2D eigenvalue weighted by atomic mass is 15.3. The molecule has 0 aromatic heterocycles. The summed E-state index contributed by atoms with van der Waals surface area (Å²) in [6.07, 6.45) is 9.86. The molecule has 3 rings (SSSR count). The summed E-state index contributed by atoms with van der Waals surface area (Å²) in [7, 11) is 0. The van der Waals surface area contributed by atoms with Gasteiger partial charge < -0.3 is 5.32 Å². The molecule has 3 heteroatoms. The van der Waals surface area contributed by atoms with E-state index in [1.54, 1.807) is 0 Å². The predicted octanol–water partition coefficient (Wildman–Crippen LogP) is 2.08. The van der Waals surface area contributed by atoms with Gasteiger partial charge in [-0.25, -0.2) is 0 Å². The predicted molar refractivity (Wildman–Crippen MR) is 80.5 cm³/mol. The van der Waals surface area contributed by atoms with E-state index in [-0.39, 0.29) is 0 Å². The molecular formula is C16H31N3. The number of nitrogens with one attached hydrogen (secondary N) is 1. The fourth-order valence-corrected chi connectivity index (χ4v) is 3.72. The molecule has 2 heterocycles. The summed E-state index contributed by atoms with van der Waals surface area (Å²) in [5.41, 5.74) is 0. The van der Waals surface area contributed by atoms with Crippen molar-refractivity contribution in [2.45, 2.75) is 70.0 Å². The van der Waals surface area contributed by atoms with Gasteiger partial charge in [-0.1, -0.05) is 6.42 Å². The van der Waals surface area contributed by atoms with Crippen LogP contribution in [-0.4, -0.2) is 60.6 Å². The maximum atomic E-state index is 3.65. The van der Waals surface area contributed by atoms with Crippen LogP contribution in [0.3, 0.4) is 0 Å². The van der Waals surface area contributed by atoms with Crippen molar-refractivity contribution in [2.24, 2.45) is 0 Å². The monoisotopic (exact) mass is 265 g/mol. The van der Waals surface area contributed by atoms with Gasteiger partial charge in [-0.05, 0) is 65.1 Å². The highest BCUT2D eigenvalue weighted by Gasteiger charge is 2.30. The van der Waals surface area contributed by atoms with Crippen LogP contribution in [0.4, 0.5) is 0 Å². The van der Waals surface area contributed by atoms with Gasteiger partial charge in [0.05, 0.1) is 0 Å². The maximum Gasteiger partial charge on any atom is 0.0235 e. The van der Waals surface area contributed by atoms with Gasteiger partial charge in [0.15, 0.2) is 0 Å². The average molecular weight is 265 g/mol. The molecule has 0 amide bonds. The van der Waals surface area contributed by atoms with Gasteiger partial charge in [-0.2, -0.15) is 0 Å². The number of rotatable bonds is 6. The van der Waals surface area contributed by atoms with E-state index in [0.29, 0.717) is 0 Å². The molecule has 110 valence electrons. The second kappa shape index (κ2) is 6.55. The summed E-state index contributed by atoms with van der Waals surface area (Å²) in [5, 5.41) is 3.65. The zero-order valence-corrected chi connectivity index (χ0v) is 12.6. The molecule has 2 atom stereocenters. The second-order valence-electron chi connectivity index (χ2n) is 6.90. The van der Waals surface area contributed by atoms with Crippen LogP contribution < -0.4 is 5.32 Å². The highest BCUT2D eigenvalue weighted by molar-refractivity contribution is 4.87. The minimum absolute atomic E-state index is 0.765. The van der Waals surface area contributed by atoms with Crippen LogP contribution >= 0.6 is 0 Å². The summed E-state index contributed by atoms with van der Waals surface area (Å²) >= 11 is 0. The van der Waals surface area contributed by atoms with E-state index in [9.17, 15) is 0 Å². The number of nitrogens with zero attached hydrogens (tertiary/aromatic N) is 2. The van der Waals surface area contributed by atoms with E-state index in [2.05, 4.69) is 22.0 Å². The third-order valence-electron chi connectivity index (χ3n) is 5.30. The van der Waals surface area contributed by atoms with Crippen LogP contribution in [0.25, 0.3) is 0 Å². The maximum absolute atomic E-state index is 3.65.